The number of ether oxygens (including phenoxy) is 1. The molecule has 1 fully saturated rings. The molecule has 27 heavy (non-hydrogen) atoms. The lowest BCUT2D eigenvalue weighted by atomic mass is 9.79. The Bertz CT molecular complexity index is 962. The van der Waals surface area contributed by atoms with Crippen LogP contribution in [0, 0.1) is 18.3 Å². The number of carbonyl (C=O) groups is 1. The second-order valence-corrected chi connectivity index (χ2v) is 7.56. The Balaban J connectivity index is 1.57. The van der Waals surface area contributed by atoms with Crippen LogP contribution in [0.2, 0.25) is 0 Å². The highest BCUT2D eigenvalue weighted by Gasteiger charge is 2.38. The van der Waals surface area contributed by atoms with Gasteiger partial charge in [0.1, 0.15) is 0 Å². The van der Waals surface area contributed by atoms with Gasteiger partial charge in [0.2, 0.25) is 5.91 Å². The highest BCUT2D eigenvalue weighted by molar-refractivity contribution is 5.99. The summed E-state index contributed by atoms with van der Waals surface area (Å²) >= 11 is 0. The lowest BCUT2D eigenvalue weighted by molar-refractivity contribution is -0.138. The molecule has 2 aliphatic heterocycles. The second kappa shape index (κ2) is 6.56. The van der Waals surface area contributed by atoms with E-state index in [1.54, 1.807) is 0 Å². The number of hydrogen-bond donors (Lipinski definition) is 1. The van der Waals surface area contributed by atoms with Gasteiger partial charge in [-0.1, -0.05) is 24.1 Å². The molecule has 5 rings (SSSR count). The molecule has 2 atom stereocenters. The average Bonchev–Trinajstić information content (AvgIpc) is 3.13. The first-order valence-corrected chi connectivity index (χ1v) is 9.61. The quantitative estimate of drug-likeness (QED) is 0.832. The third-order valence-electron chi connectivity index (χ3n) is 6.06. The molecule has 1 amide bonds. The van der Waals surface area contributed by atoms with Crippen LogP contribution < -0.4 is 0 Å². The van der Waals surface area contributed by atoms with Gasteiger partial charge in [0, 0.05) is 42.8 Å². The zero-order chi connectivity index (χ0) is 18.4. The van der Waals surface area contributed by atoms with Gasteiger partial charge in [0.05, 0.1) is 25.7 Å². The summed E-state index contributed by atoms with van der Waals surface area (Å²) in [6.45, 7) is 3.84. The molecular weight excluding hydrogens is 338 g/mol. The van der Waals surface area contributed by atoms with Gasteiger partial charge in [-0.05, 0) is 29.2 Å². The van der Waals surface area contributed by atoms with E-state index in [0.717, 1.165) is 11.9 Å². The average molecular weight is 361 g/mol. The number of terminal acetylenes is 1. The SMILES string of the molecule is C#CCN1C[C@H](C(=O)N2CCOCC2)C=C2c3cccc4[nH]cc(c34)C[C@H]21. The summed E-state index contributed by atoms with van der Waals surface area (Å²) in [4.78, 5) is 20.8. The molecule has 2 aromatic rings. The van der Waals surface area contributed by atoms with Crippen LogP contribution in [-0.2, 0) is 16.0 Å². The number of benzene rings is 1. The van der Waals surface area contributed by atoms with E-state index in [2.05, 4.69) is 46.3 Å². The zero-order valence-corrected chi connectivity index (χ0v) is 15.3. The van der Waals surface area contributed by atoms with Crippen molar-refractivity contribution in [3.05, 3.63) is 41.6 Å². The molecule has 0 spiro atoms. The molecule has 0 unspecified atom stereocenters. The standard InChI is InChI=1S/C22H23N3O2/c1-2-6-25-14-16(22(26)24-7-9-27-10-8-24)11-18-17-4-3-5-19-21(17)15(13-23-19)12-20(18)25/h1,3-5,11,13,16,20,23H,6-10,12,14H2/t16-,20-/m1/s1. The minimum atomic E-state index is -0.154. The maximum atomic E-state index is 13.2. The fourth-order valence-corrected chi connectivity index (χ4v) is 4.79. The Labute approximate surface area is 159 Å². The lowest BCUT2D eigenvalue weighted by Gasteiger charge is -2.42. The number of aromatic nitrogens is 1. The van der Waals surface area contributed by atoms with E-state index in [1.165, 1.54) is 22.1 Å². The number of nitrogens with one attached hydrogen (secondary N) is 1. The number of nitrogens with zero attached hydrogens (tertiary/aromatic N) is 2. The third kappa shape index (κ3) is 2.68. The van der Waals surface area contributed by atoms with Gasteiger partial charge >= 0.3 is 0 Å². The molecule has 1 N–H and O–H groups in total. The van der Waals surface area contributed by atoms with Crippen molar-refractivity contribution < 1.29 is 9.53 Å². The summed E-state index contributed by atoms with van der Waals surface area (Å²) < 4.78 is 5.40. The van der Waals surface area contributed by atoms with Crippen LogP contribution in [0.3, 0.4) is 0 Å². The minimum absolute atomic E-state index is 0.154. The first-order chi connectivity index (χ1) is 13.3. The van der Waals surface area contributed by atoms with E-state index in [9.17, 15) is 4.79 Å². The summed E-state index contributed by atoms with van der Waals surface area (Å²) in [5.74, 6) is 2.84. The molecule has 1 saturated heterocycles. The van der Waals surface area contributed by atoms with Crippen molar-refractivity contribution in [2.75, 3.05) is 39.4 Å². The van der Waals surface area contributed by atoms with E-state index in [4.69, 9.17) is 11.2 Å². The van der Waals surface area contributed by atoms with Crippen molar-refractivity contribution >= 4 is 22.4 Å². The molecule has 0 bridgehead atoms. The van der Waals surface area contributed by atoms with Gasteiger partial charge in [-0.25, -0.2) is 0 Å². The van der Waals surface area contributed by atoms with Crippen molar-refractivity contribution in [3.63, 3.8) is 0 Å². The monoisotopic (exact) mass is 361 g/mol. The summed E-state index contributed by atoms with van der Waals surface area (Å²) in [5, 5.41) is 1.29. The molecule has 138 valence electrons. The number of H-pyrrole nitrogens is 1. The smallest absolute Gasteiger partial charge is 0.230 e. The van der Waals surface area contributed by atoms with Crippen LogP contribution >= 0.6 is 0 Å². The Morgan fingerprint density at radius 1 is 1.33 bits per heavy atom. The van der Waals surface area contributed by atoms with Gasteiger partial charge < -0.3 is 14.6 Å². The second-order valence-electron chi connectivity index (χ2n) is 7.56. The van der Waals surface area contributed by atoms with Crippen molar-refractivity contribution in [3.8, 4) is 12.3 Å². The number of aromatic amines is 1. The first-order valence-electron chi connectivity index (χ1n) is 9.61. The van der Waals surface area contributed by atoms with Crippen molar-refractivity contribution in [2.24, 2.45) is 5.92 Å². The number of rotatable bonds is 2. The molecule has 0 radical (unpaired) electrons. The molecule has 1 aliphatic carbocycles. The molecule has 5 nitrogen and oxygen atoms in total. The van der Waals surface area contributed by atoms with Gasteiger partial charge in [-0.2, -0.15) is 0 Å². The summed E-state index contributed by atoms with van der Waals surface area (Å²) in [6.07, 6.45) is 10.9. The largest absolute Gasteiger partial charge is 0.378 e. The van der Waals surface area contributed by atoms with E-state index < -0.39 is 0 Å². The van der Waals surface area contributed by atoms with E-state index in [-0.39, 0.29) is 17.9 Å². The van der Waals surface area contributed by atoms with Gasteiger partial charge in [0.15, 0.2) is 0 Å². The number of carbonyl (C=O) groups excluding carboxylic acids is 1. The number of fused-ring (bicyclic) bond motifs is 2. The van der Waals surface area contributed by atoms with Gasteiger partial charge in [0.25, 0.3) is 0 Å². The molecule has 0 saturated carbocycles. The Kier molecular flexibility index (Phi) is 4.04. The highest BCUT2D eigenvalue weighted by atomic mass is 16.5. The molecule has 1 aromatic carbocycles. The zero-order valence-electron chi connectivity index (χ0n) is 15.3. The maximum absolute atomic E-state index is 13.2. The van der Waals surface area contributed by atoms with E-state index >= 15 is 0 Å². The fourth-order valence-electron chi connectivity index (χ4n) is 4.79. The normalized spacial score (nSPS) is 25.0. The predicted molar refractivity (Wildman–Crippen MR) is 105 cm³/mol. The predicted octanol–water partition coefficient (Wildman–Crippen LogP) is 1.90. The first kappa shape index (κ1) is 16.6. The van der Waals surface area contributed by atoms with Crippen LogP contribution in [0.1, 0.15) is 11.1 Å². The number of hydrogen-bond acceptors (Lipinski definition) is 3. The highest BCUT2D eigenvalue weighted by Crippen LogP contribution is 2.41. The van der Waals surface area contributed by atoms with Crippen LogP contribution in [0.4, 0.5) is 0 Å². The molecule has 1 aromatic heterocycles. The van der Waals surface area contributed by atoms with Crippen LogP contribution in [0.5, 0.6) is 0 Å². The van der Waals surface area contributed by atoms with Crippen molar-refractivity contribution in [1.82, 2.24) is 14.8 Å². The lowest BCUT2D eigenvalue weighted by Crippen LogP contribution is -2.51. The topological polar surface area (TPSA) is 48.6 Å². The Morgan fingerprint density at radius 2 is 2.19 bits per heavy atom. The van der Waals surface area contributed by atoms with Gasteiger partial charge in [-0.15, -0.1) is 6.42 Å². The molecule has 3 aliphatic rings. The van der Waals surface area contributed by atoms with Gasteiger partial charge in [-0.3, -0.25) is 9.69 Å². The Hall–Kier alpha value is -2.55. The molecule has 5 heteroatoms. The molecular formula is C22H23N3O2. The van der Waals surface area contributed by atoms with Crippen LogP contribution in [-0.4, -0.2) is 66.1 Å². The van der Waals surface area contributed by atoms with E-state index in [0.29, 0.717) is 39.4 Å². The maximum Gasteiger partial charge on any atom is 0.230 e. The summed E-state index contributed by atoms with van der Waals surface area (Å²) in [6, 6.07) is 6.61. The van der Waals surface area contributed by atoms with Crippen molar-refractivity contribution in [2.45, 2.75) is 12.5 Å². The summed E-state index contributed by atoms with van der Waals surface area (Å²) in [5.41, 5.74) is 4.98. The third-order valence-corrected chi connectivity index (χ3v) is 6.06. The van der Waals surface area contributed by atoms with Crippen LogP contribution in [0.15, 0.2) is 30.5 Å². The Morgan fingerprint density at radius 3 is 3.00 bits per heavy atom. The van der Waals surface area contributed by atoms with E-state index in [1.807, 2.05) is 4.90 Å². The minimum Gasteiger partial charge on any atom is -0.378 e. The fraction of sp³-hybridized carbons (Fsp3) is 0.409. The van der Waals surface area contributed by atoms with Crippen molar-refractivity contribution in [1.29, 1.82) is 0 Å². The van der Waals surface area contributed by atoms with Crippen LogP contribution in [0.25, 0.3) is 16.5 Å². The number of morpholine rings is 1. The number of amides is 1. The molecule has 3 heterocycles. The summed E-state index contributed by atoms with van der Waals surface area (Å²) in [7, 11) is 0.